The topological polar surface area (TPSA) is 23.8 Å². The third kappa shape index (κ3) is 2.22. The Balaban J connectivity index is 2.43. The molecule has 1 aliphatic rings. The highest BCUT2D eigenvalue weighted by Gasteiger charge is 2.65. The summed E-state index contributed by atoms with van der Waals surface area (Å²) in [6, 6.07) is 4.62. The smallest absolute Gasteiger partial charge is 0.197 e. The molecule has 1 fully saturated rings. The highest BCUT2D eigenvalue weighted by Crippen LogP contribution is 3.02. The number of halogens is 5. The summed E-state index contributed by atoms with van der Waals surface area (Å²) in [5.74, 6) is 0. The lowest BCUT2D eigenvalue weighted by atomic mass is 9.98. The second kappa shape index (κ2) is 2.58. The van der Waals surface area contributed by atoms with Crippen LogP contribution in [0.25, 0.3) is 0 Å². The Morgan fingerprint density at radius 1 is 1.00 bits per heavy atom. The Bertz CT molecular complexity index is 506. The molecule has 0 radical (unpaired) electrons. The molecule has 0 N–H and O–H groups in total. The van der Waals surface area contributed by atoms with E-state index in [1.54, 1.807) is 0 Å². The second-order valence-corrected chi connectivity index (χ2v) is 6.60. The average Bonchev–Trinajstić information content (AvgIpc) is 2.95. The lowest BCUT2D eigenvalue weighted by molar-refractivity contribution is 0.364. The van der Waals surface area contributed by atoms with Crippen LogP contribution in [0.1, 0.15) is 18.4 Å². The number of nitrogens with zero attached hydrogens (tertiary/aromatic N) is 1. The summed E-state index contributed by atoms with van der Waals surface area (Å²) in [6.07, 6.45) is 1.11. The predicted molar refractivity (Wildman–Crippen MR) is 54.4 cm³/mol. The summed E-state index contributed by atoms with van der Waals surface area (Å²) in [7, 11) is -9.59. The van der Waals surface area contributed by atoms with Crippen LogP contribution in [0.15, 0.2) is 29.2 Å². The SMILES string of the molecule is N#CC1(c2ccc(S(F)(F)(F)(F)F)cc2)CC1. The number of rotatable bonds is 2. The van der Waals surface area contributed by atoms with E-state index >= 15 is 0 Å². The zero-order chi connectivity index (χ0) is 13.0. The number of hydrogen-bond acceptors (Lipinski definition) is 1. The van der Waals surface area contributed by atoms with Gasteiger partial charge in [-0.25, -0.2) is 0 Å². The van der Waals surface area contributed by atoms with Crippen molar-refractivity contribution in [1.29, 1.82) is 5.26 Å². The molecule has 0 aliphatic heterocycles. The summed E-state index contributed by atoms with van der Waals surface area (Å²) >= 11 is 0. The van der Waals surface area contributed by atoms with Gasteiger partial charge >= 0.3 is 10.2 Å². The van der Waals surface area contributed by atoms with Gasteiger partial charge in [0, 0.05) is 0 Å². The molecule has 0 heterocycles. The van der Waals surface area contributed by atoms with Gasteiger partial charge in [-0.1, -0.05) is 31.6 Å². The van der Waals surface area contributed by atoms with Gasteiger partial charge in [0.2, 0.25) is 0 Å². The molecule has 1 aromatic rings. The summed E-state index contributed by atoms with van der Waals surface area (Å²) in [5.41, 5.74) is -0.401. The third-order valence-corrected chi connectivity index (χ3v) is 3.98. The highest BCUT2D eigenvalue weighted by atomic mass is 32.5. The van der Waals surface area contributed by atoms with Crippen molar-refractivity contribution in [3.05, 3.63) is 29.8 Å². The first-order chi connectivity index (χ1) is 7.47. The van der Waals surface area contributed by atoms with Crippen molar-refractivity contribution < 1.29 is 19.4 Å². The molecule has 0 atom stereocenters. The molecule has 0 unspecified atom stereocenters. The fourth-order valence-corrected chi connectivity index (χ4v) is 2.27. The molecule has 0 saturated heterocycles. The molecule has 94 valence electrons. The largest absolute Gasteiger partial charge is 0.310 e. The molecule has 0 aromatic heterocycles. The lowest BCUT2D eigenvalue weighted by Gasteiger charge is -2.40. The first kappa shape index (κ1) is 12.2. The van der Waals surface area contributed by atoms with E-state index in [1.165, 1.54) is 0 Å². The maximum atomic E-state index is 12.4. The standard InChI is InChI=1S/C10H8F5NS/c11-17(12,13,14,15)9-3-1-8(2-4-9)10(7-16)5-6-10/h1-4H,5-6H2. The first-order valence-corrected chi connectivity index (χ1v) is 6.68. The fourth-order valence-electron chi connectivity index (χ4n) is 1.62. The van der Waals surface area contributed by atoms with E-state index in [1.807, 2.05) is 6.07 Å². The summed E-state index contributed by atoms with van der Waals surface area (Å²) in [5, 5.41) is 8.83. The van der Waals surface area contributed by atoms with Crippen molar-refractivity contribution in [2.45, 2.75) is 23.2 Å². The van der Waals surface area contributed by atoms with E-state index in [9.17, 15) is 19.4 Å². The molecule has 2 rings (SSSR count). The van der Waals surface area contributed by atoms with Crippen LogP contribution in [0.2, 0.25) is 0 Å². The second-order valence-electron chi connectivity index (χ2n) is 4.19. The van der Waals surface area contributed by atoms with Crippen LogP contribution in [0, 0.1) is 11.3 Å². The van der Waals surface area contributed by atoms with E-state index in [0.29, 0.717) is 30.5 Å². The minimum absolute atomic E-state index is 0.355. The van der Waals surface area contributed by atoms with Gasteiger partial charge in [0.25, 0.3) is 0 Å². The number of hydrogen-bond donors (Lipinski definition) is 0. The predicted octanol–water partition coefficient (Wildman–Crippen LogP) is 4.90. The molecule has 1 aromatic carbocycles. The van der Waals surface area contributed by atoms with Gasteiger partial charge in [-0.05, 0) is 30.5 Å². The molecule has 1 aliphatic carbocycles. The molecule has 0 amide bonds. The van der Waals surface area contributed by atoms with Crippen LogP contribution in [0.5, 0.6) is 0 Å². The Morgan fingerprint density at radius 3 is 1.76 bits per heavy atom. The van der Waals surface area contributed by atoms with Crippen LogP contribution in [-0.2, 0) is 5.41 Å². The van der Waals surface area contributed by atoms with E-state index in [-0.39, 0.29) is 0 Å². The lowest BCUT2D eigenvalue weighted by Crippen LogP contribution is -2.07. The Kier molecular flexibility index (Phi) is 1.85. The summed E-state index contributed by atoms with van der Waals surface area (Å²) in [4.78, 5) is -1.91. The molecule has 1 saturated carbocycles. The van der Waals surface area contributed by atoms with Crippen molar-refractivity contribution >= 4 is 10.2 Å². The van der Waals surface area contributed by atoms with Gasteiger partial charge in [0.15, 0.2) is 0 Å². The first-order valence-electron chi connectivity index (χ1n) is 4.73. The Labute approximate surface area is 94.6 Å². The molecule has 1 nitrogen and oxygen atoms in total. The molecule has 0 bridgehead atoms. The van der Waals surface area contributed by atoms with Gasteiger partial charge in [-0.2, -0.15) is 5.26 Å². The van der Waals surface area contributed by atoms with Crippen molar-refractivity contribution in [3.8, 4) is 6.07 Å². The monoisotopic (exact) mass is 269 g/mol. The average molecular weight is 269 g/mol. The van der Waals surface area contributed by atoms with Crippen molar-refractivity contribution in [1.82, 2.24) is 0 Å². The van der Waals surface area contributed by atoms with Crippen molar-refractivity contribution in [3.63, 3.8) is 0 Å². The summed E-state index contributed by atoms with van der Waals surface area (Å²) in [6.45, 7) is 0. The van der Waals surface area contributed by atoms with Crippen LogP contribution < -0.4 is 0 Å². The van der Waals surface area contributed by atoms with Gasteiger partial charge in [0.1, 0.15) is 4.90 Å². The maximum Gasteiger partial charge on any atom is 0.310 e. The van der Waals surface area contributed by atoms with Crippen LogP contribution in [0.3, 0.4) is 0 Å². The quantitative estimate of drug-likeness (QED) is 0.700. The minimum atomic E-state index is -9.59. The third-order valence-electron chi connectivity index (χ3n) is 2.82. The fraction of sp³-hybridized carbons (Fsp3) is 0.300. The molecule has 17 heavy (non-hydrogen) atoms. The van der Waals surface area contributed by atoms with E-state index in [2.05, 4.69) is 0 Å². The van der Waals surface area contributed by atoms with Crippen molar-refractivity contribution in [2.75, 3.05) is 0 Å². The van der Waals surface area contributed by atoms with Gasteiger partial charge < -0.3 is 0 Å². The Hall–Kier alpha value is -1.29. The molecular weight excluding hydrogens is 261 g/mol. The van der Waals surface area contributed by atoms with E-state index < -0.39 is 20.5 Å². The number of benzene rings is 1. The Morgan fingerprint density at radius 2 is 1.47 bits per heavy atom. The van der Waals surface area contributed by atoms with Crippen molar-refractivity contribution in [2.24, 2.45) is 0 Å². The van der Waals surface area contributed by atoms with Crippen LogP contribution in [0.4, 0.5) is 19.4 Å². The normalized spacial score (nSPS) is 22.1. The molecule has 7 heteroatoms. The molecular formula is C10H8F5NS. The zero-order valence-corrected chi connectivity index (χ0v) is 9.29. The minimum Gasteiger partial charge on any atom is -0.197 e. The van der Waals surface area contributed by atoms with Gasteiger partial charge in [-0.3, -0.25) is 0 Å². The highest BCUT2D eigenvalue weighted by molar-refractivity contribution is 8.45. The van der Waals surface area contributed by atoms with Gasteiger partial charge in [0.05, 0.1) is 11.5 Å². The van der Waals surface area contributed by atoms with Gasteiger partial charge in [-0.15, -0.1) is 0 Å². The van der Waals surface area contributed by atoms with E-state index in [4.69, 9.17) is 5.26 Å². The van der Waals surface area contributed by atoms with Crippen LogP contribution in [-0.4, -0.2) is 0 Å². The number of nitriles is 1. The van der Waals surface area contributed by atoms with E-state index in [0.717, 1.165) is 12.1 Å². The molecule has 0 spiro atoms. The van der Waals surface area contributed by atoms with Crippen LogP contribution >= 0.6 is 10.2 Å². The maximum absolute atomic E-state index is 12.4. The summed E-state index contributed by atoms with van der Waals surface area (Å²) < 4.78 is 62.0. The zero-order valence-electron chi connectivity index (χ0n) is 8.47.